The quantitative estimate of drug-likeness (QED) is 0.757. The molecule has 3 heteroatoms. The molecule has 3 nitrogen and oxygen atoms in total. The molecule has 0 unspecified atom stereocenters. The van der Waals surface area contributed by atoms with Crippen LogP contribution in [0.5, 0.6) is 11.5 Å². The molecule has 0 aliphatic carbocycles. The van der Waals surface area contributed by atoms with Crippen molar-refractivity contribution in [3.8, 4) is 11.5 Å². The van der Waals surface area contributed by atoms with Gasteiger partial charge in [0.2, 0.25) is 0 Å². The third-order valence-electron chi connectivity index (χ3n) is 2.63. The first kappa shape index (κ1) is 9.34. The van der Waals surface area contributed by atoms with E-state index in [9.17, 15) is 5.11 Å². The summed E-state index contributed by atoms with van der Waals surface area (Å²) in [6, 6.07) is 5.56. The topological polar surface area (TPSA) is 41.5 Å². The minimum Gasteiger partial charge on any atom is -0.504 e. The molecule has 0 radical (unpaired) electrons. The summed E-state index contributed by atoms with van der Waals surface area (Å²) >= 11 is 0. The van der Waals surface area contributed by atoms with Crippen molar-refractivity contribution in [2.24, 2.45) is 5.92 Å². The monoisotopic (exact) mass is 193 g/mol. The normalized spacial score (nSPS) is 16.4. The molecular formula is C11H15NO2. The molecule has 0 bridgehead atoms. The molecule has 2 N–H and O–H groups in total. The van der Waals surface area contributed by atoms with E-state index in [1.54, 1.807) is 13.2 Å². The predicted octanol–water partition coefficient (Wildman–Crippen LogP) is 1.16. The Hall–Kier alpha value is -1.22. The van der Waals surface area contributed by atoms with Crippen LogP contribution in [0, 0.1) is 5.92 Å². The van der Waals surface area contributed by atoms with Gasteiger partial charge in [-0.15, -0.1) is 0 Å². The first-order valence-corrected chi connectivity index (χ1v) is 4.86. The number of hydrogen-bond acceptors (Lipinski definition) is 3. The van der Waals surface area contributed by atoms with Crippen molar-refractivity contribution < 1.29 is 9.84 Å². The largest absolute Gasteiger partial charge is 0.504 e. The van der Waals surface area contributed by atoms with E-state index < -0.39 is 0 Å². The molecule has 0 aromatic heterocycles. The molecule has 1 aliphatic rings. The Morgan fingerprint density at radius 2 is 2.29 bits per heavy atom. The smallest absolute Gasteiger partial charge is 0.160 e. The Kier molecular flexibility index (Phi) is 2.59. The van der Waals surface area contributed by atoms with Crippen LogP contribution >= 0.6 is 0 Å². The van der Waals surface area contributed by atoms with Gasteiger partial charge in [-0.2, -0.15) is 0 Å². The number of phenols is 1. The molecule has 1 heterocycles. The van der Waals surface area contributed by atoms with Crippen LogP contribution in [0.15, 0.2) is 18.2 Å². The molecular weight excluding hydrogens is 178 g/mol. The highest BCUT2D eigenvalue weighted by Crippen LogP contribution is 2.27. The fourth-order valence-electron chi connectivity index (χ4n) is 1.68. The van der Waals surface area contributed by atoms with Crippen LogP contribution in [0.4, 0.5) is 0 Å². The Morgan fingerprint density at radius 1 is 1.50 bits per heavy atom. The van der Waals surface area contributed by atoms with Gasteiger partial charge in [-0.3, -0.25) is 0 Å². The number of phenolic OH excluding ortho intramolecular Hbond substituents is 1. The average Bonchev–Trinajstić information content (AvgIpc) is 2.14. The third kappa shape index (κ3) is 1.82. The Balaban J connectivity index is 2.09. The standard InChI is InChI=1S/C11H15NO2/c1-14-11-5-8(2-3-10(11)13)4-9-6-12-7-9/h2-3,5,9,12-13H,4,6-7H2,1H3. The molecule has 0 atom stereocenters. The molecule has 14 heavy (non-hydrogen) atoms. The number of aromatic hydroxyl groups is 1. The SMILES string of the molecule is COc1cc(CC2CNC2)ccc1O. The van der Waals surface area contributed by atoms with Crippen molar-refractivity contribution in [3.05, 3.63) is 23.8 Å². The van der Waals surface area contributed by atoms with Gasteiger partial charge in [0.1, 0.15) is 0 Å². The molecule has 1 fully saturated rings. The molecule has 0 saturated carbocycles. The van der Waals surface area contributed by atoms with Crippen LogP contribution in [-0.2, 0) is 6.42 Å². The Morgan fingerprint density at radius 3 is 2.86 bits per heavy atom. The highest BCUT2D eigenvalue weighted by Gasteiger charge is 2.17. The van der Waals surface area contributed by atoms with Crippen LogP contribution in [0.2, 0.25) is 0 Å². The van der Waals surface area contributed by atoms with Crippen molar-refractivity contribution in [1.82, 2.24) is 5.32 Å². The molecule has 1 saturated heterocycles. The second kappa shape index (κ2) is 3.88. The fourth-order valence-corrected chi connectivity index (χ4v) is 1.68. The summed E-state index contributed by atoms with van der Waals surface area (Å²) in [6.07, 6.45) is 1.06. The number of methoxy groups -OCH3 is 1. The van der Waals surface area contributed by atoms with Crippen molar-refractivity contribution in [1.29, 1.82) is 0 Å². The van der Waals surface area contributed by atoms with E-state index in [0.29, 0.717) is 5.75 Å². The maximum Gasteiger partial charge on any atom is 0.160 e. The maximum atomic E-state index is 9.40. The van der Waals surface area contributed by atoms with E-state index >= 15 is 0 Å². The lowest BCUT2D eigenvalue weighted by Gasteiger charge is -2.27. The van der Waals surface area contributed by atoms with Crippen molar-refractivity contribution in [2.45, 2.75) is 6.42 Å². The zero-order valence-electron chi connectivity index (χ0n) is 8.29. The van der Waals surface area contributed by atoms with Crippen LogP contribution in [0.1, 0.15) is 5.56 Å². The van der Waals surface area contributed by atoms with E-state index in [4.69, 9.17) is 4.74 Å². The summed E-state index contributed by atoms with van der Waals surface area (Å²) < 4.78 is 5.05. The van der Waals surface area contributed by atoms with Crippen LogP contribution in [0.25, 0.3) is 0 Å². The number of nitrogens with one attached hydrogen (secondary N) is 1. The van der Waals surface area contributed by atoms with Gasteiger partial charge in [0, 0.05) is 0 Å². The molecule has 0 amide bonds. The van der Waals surface area contributed by atoms with Crippen molar-refractivity contribution in [3.63, 3.8) is 0 Å². The number of rotatable bonds is 3. The first-order valence-electron chi connectivity index (χ1n) is 4.86. The van der Waals surface area contributed by atoms with Gasteiger partial charge in [0.05, 0.1) is 7.11 Å². The molecule has 1 aromatic rings. The minimum absolute atomic E-state index is 0.211. The van der Waals surface area contributed by atoms with Gasteiger partial charge in [-0.25, -0.2) is 0 Å². The van der Waals surface area contributed by atoms with Gasteiger partial charge in [-0.05, 0) is 43.1 Å². The van der Waals surface area contributed by atoms with Gasteiger partial charge < -0.3 is 15.2 Å². The van der Waals surface area contributed by atoms with E-state index in [0.717, 1.165) is 25.4 Å². The zero-order valence-corrected chi connectivity index (χ0v) is 8.29. The van der Waals surface area contributed by atoms with Crippen molar-refractivity contribution in [2.75, 3.05) is 20.2 Å². The van der Waals surface area contributed by atoms with Crippen LogP contribution < -0.4 is 10.1 Å². The zero-order chi connectivity index (χ0) is 9.97. The summed E-state index contributed by atoms with van der Waals surface area (Å²) in [5, 5.41) is 12.6. The molecule has 2 rings (SSSR count). The molecule has 0 spiro atoms. The Bertz CT molecular complexity index is 321. The summed E-state index contributed by atoms with van der Waals surface area (Å²) in [6.45, 7) is 2.20. The number of hydrogen-bond donors (Lipinski definition) is 2. The van der Waals surface area contributed by atoms with Crippen LogP contribution in [0.3, 0.4) is 0 Å². The second-order valence-electron chi connectivity index (χ2n) is 3.73. The number of benzene rings is 1. The fraction of sp³-hybridized carbons (Fsp3) is 0.455. The van der Waals surface area contributed by atoms with Gasteiger partial charge >= 0.3 is 0 Å². The van der Waals surface area contributed by atoms with Gasteiger partial charge in [0.15, 0.2) is 11.5 Å². The van der Waals surface area contributed by atoms with Crippen molar-refractivity contribution >= 4 is 0 Å². The highest BCUT2D eigenvalue weighted by molar-refractivity contribution is 5.41. The Labute approximate surface area is 83.7 Å². The summed E-state index contributed by atoms with van der Waals surface area (Å²) in [5.74, 6) is 1.52. The van der Waals surface area contributed by atoms with Crippen LogP contribution in [-0.4, -0.2) is 25.3 Å². The third-order valence-corrected chi connectivity index (χ3v) is 2.63. The maximum absolute atomic E-state index is 9.40. The summed E-state index contributed by atoms with van der Waals surface area (Å²) in [5.41, 5.74) is 1.23. The predicted molar refractivity (Wildman–Crippen MR) is 54.7 cm³/mol. The lowest BCUT2D eigenvalue weighted by molar-refractivity contribution is 0.344. The lowest BCUT2D eigenvalue weighted by atomic mass is 9.94. The van der Waals surface area contributed by atoms with Gasteiger partial charge in [-0.1, -0.05) is 6.07 Å². The highest BCUT2D eigenvalue weighted by atomic mass is 16.5. The molecule has 76 valence electrons. The van der Waals surface area contributed by atoms with Gasteiger partial charge in [0.25, 0.3) is 0 Å². The molecule has 1 aliphatic heterocycles. The summed E-state index contributed by atoms with van der Waals surface area (Å²) in [7, 11) is 1.57. The van der Waals surface area contributed by atoms with E-state index in [1.807, 2.05) is 12.1 Å². The first-order chi connectivity index (χ1) is 6.79. The average molecular weight is 193 g/mol. The summed E-state index contributed by atoms with van der Waals surface area (Å²) in [4.78, 5) is 0. The molecule has 1 aromatic carbocycles. The van der Waals surface area contributed by atoms with E-state index in [1.165, 1.54) is 5.56 Å². The lowest BCUT2D eigenvalue weighted by Crippen LogP contribution is -2.43. The van der Waals surface area contributed by atoms with E-state index in [2.05, 4.69) is 5.32 Å². The number of ether oxygens (including phenoxy) is 1. The van der Waals surface area contributed by atoms with E-state index in [-0.39, 0.29) is 5.75 Å². The minimum atomic E-state index is 0.211. The second-order valence-corrected chi connectivity index (χ2v) is 3.73.